The highest BCUT2D eigenvalue weighted by Crippen LogP contribution is 2.16. The van der Waals surface area contributed by atoms with Crippen LogP contribution in [0.5, 0.6) is 0 Å². The molecule has 10 heavy (non-hydrogen) atoms. The average molecular weight is 177 g/mol. The van der Waals surface area contributed by atoms with Gasteiger partial charge in [-0.2, -0.15) is 25.3 Å². The Labute approximate surface area is 71.6 Å². The molecular formula is C6H11NOS2. The van der Waals surface area contributed by atoms with Gasteiger partial charge in [0.2, 0.25) is 5.91 Å². The molecule has 0 bridgehead atoms. The van der Waals surface area contributed by atoms with Gasteiger partial charge in [0.1, 0.15) is 0 Å². The van der Waals surface area contributed by atoms with E-state index in [0.717, 1.165) is 19.4 Å². The van der Waals surface area contributed by atoms with E-state index in [-0.39, 0.29) is 16.4 Å². The largest absolute Gasteiger partial charge is 0.355 e. The van der Waals surface area contributed by atoms with Gasteiger partial charge in [-0.25, -0.2) is 0 Å². The predicted octanol–water partition coefficient (Wildman–Crippen LogP) is 0.493. The minimum Gasteiger partial charge on any atom is -0.355 e. The Bertz CT molecular complexity index is 140. The number of amides is 1. The lowest BCUT2D eigenvalue weighted by atomic mass is 10.2. The first-order valence-electron chi connectivity index (χ1n) is 3.35. The van der Waals surface area contributed by atoms with Crippen LogP contribution in [0.25, 0.3) is 0 Å². The zero-order valence-electron chi connectivity index (χ0n) is 5.58. The fraction of sp³-hybridized carbons (Fsp3) is 0.833. The molecule has 0 aromatic rings. The van der Waals surface area contributed by atoms with Crippen molar-refractivity contribution in [2.45, 2.75) is 23.3 Å². The van der Waals surface area contributed by atoms with Crippen molar-refractivity contribution in [1.82, 2.24) is 5.32 Å². The lowest BCUT2D eigenvalue weighted by molar-refractivity contribution is -0.120. The van der Waals surface area contributed by atoms with Crippen molar-refractivity contribution in [2.75, 3.05) is 6.54 Å². The minimum atomic E-state index is -0.231. The van der Waals surface area contributed by atoms with Crippen molar-refractivity contribution >= 4 is 31.2 Å². The Hall–Kier alpha value is 0.170. The van der Waals surface area contributed by atoms with E-state index in [1.165, 1.54) is 0 Å². The normalized spacial score (nSPS) is 34.8. The first kappa shape index (κ1) is 8.27. The summed E-state index contributed by atoms with van der Waals surface area (Å²) in [5.41, 5.74) is 0. The molecule has 0 aromatic heterocycles. The molecule has 1 N–H and O–H groups in total. The van der Waals surface area contributed by atoms with Crippen molar-refractivity contribution in [2.24, 2.45) is 0 Å². The van der Waals surface area contributed by atoms with E-state index in [9.17, 15) is 4.79 Å². The number of rotatable bonds is 0. The van der Waals surface area contributed by atoms with Crippen molar-refractivity contribution in [3.63, 3.8) is 0 Å². The van der Waals surface area contributed by atoms with Crippen LogP contribution in [0.3, 0.4) is 0 Å². The van der Waals surface area contributed by atoms with Crippen LogP contribution < -0.4 is 5.32 Å². The van der Waals surface area contributed by atoms with Gasteiger partial charge in [-0.15, -0.1) is 0 Å². The molecule has 2 unspecified atom stereocenters. The second kappa shape index (κ2) is 3.53. The molecule has 2 nitrogen and oxygen atoms in total. The molecule has 0 aromatic carbocycles. The molecule has 1 aliphatic heterocycles. The van der Waals surface area contributed by atoms with Crippen LogP contribution in [-0.2, 0) is 4.79 Å². The van der Waals surface area contributed by atoms with Gasteiger partial charge in [0.15, 0.2) is 0 Å². The van der Waals surface area contributed by atoms with Crippen LogP contribution in [-0.4, -0.2) is 23.0 Å². The predicted molar refractivity (Wildman–Crippen MR) is 47.8 cm³/mol. The molecule has 1 fully saturated rings. The van der Waals surface area contributed by atoms with Crippen molar-refractivity contribution in [3.05, 3.63) is 0 Å². The molecule has 0 radical (unpaired) electrons. The summed E-state index contributed by atoms with van der Waals surface area (Å²) in [6.45, 7) is 0.771. The van der Waals surface area contributed by atoms with E-state index >= 15 is 0 Å². The van der Waals surface area contributed by atoms with Gasteiger partial charge in [-0.1, -0.05) is 0 Å². The highest BCUT2D eigenvalue weighted by Gasteiger charge is 2.23. The number of carbonyl (C=O) groups is 1. The molecule has 1 amide bonds. The highest BCUT2D eigenvalue weighted by molar-refractivity contribution is 7.85. The van der Waals surface area contributed by atoms with E-state index < -0.39 is 0 Å². The van der Waals surface area contributed by atoms with Crippen LogP contribution >= 0.6 is 25.3 Å². The molecule has 1 rings (SSSR count). The Morgan fingerprint density at radius 3 is 2.90 bits per heavy atom. The smallest absolute Gasteiger partial charge is 0.233 e. The summed E-state index contributed by atoms with van der Waals surface area (Å²) in [4.78, 5) is 11.0. The summed E-state index contributed by atoms with van der Waals surface area (Å²) in [6, 6.07) is 0. The maximum Gasteiger partial charge on any atom is 0.233 e. The average Bonchev–Trinajstić information content (AvgIpc) is 2.04. The number of carbonyl (C=O) groups excluding carboxylic acids is 1. The number of nitrogens with one attached hydrogen (secondary N) is 1. The monoisotopic (exact) mass is 177 g/mol. The number of hydrogen-bond acceptors (Lipinski definition) is 3. The summed E-state index contributed by atoms with van der Waals surface area (Å²) in [6.07, 6.45) is 1.98. The topological polar surface area (TPSA) is 29.1 Å². The van der Waals surface area contributed by atoms with Crippen molar-refractivity contribution < 1.29 is 4.79 Å². The summed E-state index contributed by atoms with van der Waals surface area (Å²) in [5, 5.41) is 2.65. The van der Waals surface area contributed by atoms with Crippen LogP contribution in [0.2, 0.25) is 0 Å². The van der Waals surface area contributed by atoms with Crippen LogP contribution in [0, 0.1) is 0 Å². The van der Waals surface area contributed by atoms with Crippen LogP contribution in [0.15, 0.2) is 0 Å². The van der Waals surface area contributed by atoms with Crippen molar-refractivity contribution in [3.8, 4) is 0 Å². The molecular weight excluding hydrogens is 166 g/mol. The third-order valence-electron chi connectivity index (χ3n) is 1.61. The van der Waals surface area contributed by atoms with Gasteiger partial charge in [0, 0.05) is 11.8 Å². The Kier molecular flexibility index (Phi) is 2.92. The van der Waals surface area contributed by atoms with Crippen LogP contribution in [0.1, 0.15) is 12.8 Å². The SMILES string of the molecule is O=C1NCCCC(S)C1S. The summed E-state index contributed by atoms with van der Waals surface area (Å²) < 4.78 is 0. The van der Waals surface area contributed by atoms with E-state index in [1.54, 1.807) is 0 Å². The lowest BCUT2D eigenvalue weighted by Crippen LogP contribution is -2.33. The van der Waals surface area contributed by atoms with Gasteiger partial charge >= 0.3 is 0 Å². The third kappa shape index (κ3) is 1.83. The maximum absolute atomic E-state index is 11.0. The Morgan fingerprint density at radius 2 is 2.20 bits per heavy atom. The molecule has 58 valence electrons. The quantitative estimate of drug-likeness (QED) is 0.462. The first-order chi connectivity index (χ1) is 4.72. The summed E-state index contributed by atoms with van der Waals surface area (Å²) >= 11 is 8.38. The molecule has 4 heteroatoms. The van der Waals surface area contributed by atoms with E-state index in [4.69, 9.17) is 0 Å². The van der Waals surface area contributed by atoms with E-state index in [1.807, 2.05) is 0 Å². The zero-order chi connectivity index (χ0) is 7.56. The third-order valence-corrected chi connectivity index (χ3v) is 2.99. The second-order valence-electron chi connectivity index (χ2n) is 2.45. The second-order valence-corrected chi connectivity index (χ2v) is 3.67. The zero-order valence-corrected chi connectivity index (χ0v) is 7.37. The van der Waals surface area contributed by atoms with Gasteiger partial charge in [0.05, 0.1) is 5.25 Å². The van der Waals surface area contributed by atoms with Crippen molar-refractivity contribution in [1.29, 1.82) is 0 Å². The van der Waals surface area contributed by atoms with Gasteiger partial charge < -0.3 is 5.32 Å². The lowest BCUT2D eigenvalue weighted by Gasteiger charge is -2.11. The first-order valence-corrected chi connectivity index (χ1v) is 4.39. The van der Waals surface area contributed by atoms with Gasteiger partial charge in [-0.05, 0) is 12.8 Å². The number of thiol groups is 2. The molecule has 1 aliphatic rings. The van der Waals surface area contributed by atoms with Gasteiger partial charge in [0.25, 0.3) is 0 Å². The molecule has 0 aliphatic carbocycles. The molecule has 0 saturated carbocycles. The summed E-state index contributed by atoms with van der Waals surface area (Å²) in [5.74, 6) is 0.0147. The van der Waals surface area contributed by atoms with E-state index in [2.05, 4.69) is 30.6 Å². The van der Waals surface area contributed by atoms with E-state index in [0.29, 0.717) is 0 Å². The fourth-order valence-corrected chi connectivity index (χ4v) is 1.52. The molecule has 2 atom stereocenters. The Morgan fingerprint density at radius 1 is 1.50 bits per heavy atom. The summed E-state index contributed by atoms with van der Waals surface area (Å²) in [7, 11) is 0. The highest BCUT2D eigenvalue weighted by atomic mass is 32.1. The molecule has 1 saturated heterocycles. The maximum atomic E-state index is 11.0. The van der Waals surface area contributed by atoms with Gasteiger partial charge in [-0.3, -0.25) is 4.79 Å². The standard InChI is InChI=1S/C6H11NOS2/c8-6-5(10)4(9)2-1-3-7-6/h4-5,9-10H,1-3H2,(H,7,8). The minimum absolute atomic E-state index is 0.0147. The Balaban J connectivity index is 2.55. The van der Waals surface area contributed by atoms with Crippen LogP contribution in [0.4, 0.5) is 0 Å². The fourth-order valence-electron chi connectivity index (χ4n) is 0.960. The molecule has 0 spiro atoms. The number of hydrogen-bond donors (Lipinski definition) is 3. The molecule has 1 heterocycles.